The summed E-state index contributed by atoms with van der Waals surface area (Å²) >= 11 is 0. The second kappa shape index (κ2) is 9.26. The highest BCUT2D eigenvalue weighted by Gasteiger charge is 2.36. The lowest BCUT2D eigenvalue weighted by atomic mass is 10.1. The summed E-state index contributed by atoms with van der Waals surface area (Å²) in [6.45, 7) is 0. The molecular formula is C22H20F4N6O3S. The first-order chi connectivity index (χ1) is 16.8. The summed E-state index contributed by atoms with van der Waals surface area (Å²) in [6, 6.07) is 10.0. The molecule has 1 amide bonds. The number of alkyl halides is 4. The zero-order chi connectivity index (χ0) is 26.3. The highest BCUT2D eigenvalue weighted by atomic mass is 32.2. The number of nitrogens with one attached hydrogen (secondary N) is 3. The van der Waals surface area contributed by atoms with Crippen LogP contribution in [0.3, 0.4) is 0 Å². The third-order valence-corrected chi connectivity index (χ3v) is 6.60. The van der Waals surface area contributed by atoms with Crippen molar-refractivity contribution < 1.29 is 30.8 Å². The van der Waals surface area contributed by atoms with Gasteiger partial charge in [0.15, 0.2) is 6.30 Å². The van der Waals surface area contributed by atoms with Gasteiger partial charge in [-0.25, -0.2) is 17.8 Å². The van der Waals surface area contributed by atoms with E-state index in [0.29, 0.717) is 23.1 Å². The van der Waals surface area contributed by atoms with Gasteiger partial charge < -0.3 is 16.0 Å². The second-order valence-corrected chi connectivity index (χ2v) is 10.0. The monoisotopic (exact) mass is 524 g/mol. The van der Waals surface area contributed by atoms with Crippen molar-refractivity contribution in [2.75, 3.05) is 33.6 Å². The summed E-state index contributed by atoms with van der Waals surface area (Å²) in [6.07, 6.45) is -5.26. The number of nitrogens with zero attached hydrogens (tertiary/aromatic N) is 3. The van der Waals surface area contributed by atoms with Gasteiger partial charge in [-0.05, 0) is 35.9 Å². The first-order valence-corrected chi connectivity index (χ1v) is 12.2. The minimum atomic E-state index is -4.86. The fourth-order valence-corrected chi connectivity index (χ4v) is 3.95. The zero-order valence-corrected chi connectivity index (χ0v) is 19.7. The number of fused-ring (bicyclic) bond motifs is 1. The van der Waals surface area contributed by atoms with E-state index in [-0.39, 0.29) is 29.5 Å². The van der Waals surface area contributed by atoms with Gasteiger partial charge in [-0.1, -0.05) is 12.1 Å². The van der Waals surface area contributed by atoms with Gasteiger partial charge in [0.1, 0.15) is 11.4 Å². The molecule has 0 saturated carbocycles. The van der Waals surface area contributed by atoms with Gasteiger partial charge >= 0.3 is 6.18 Å². The number of sulfonamides is 1. The molecule has 14 heteroatoms. The number of hydrogen-bond donors (Lipinski definition) is 3. The molecule has 0 radical (unpaired) electrons. The number of rotatable bonds is 7. The Balaban J connectivity index is 1.57. The maximum absolute atomic E-state index is 15.0. The molecule has 4 rings (SSSR count). The van der Waals surface area contributed by atoms with E-state index in [1.165, 1.54) is 31.3 Å². The zero-order valence-electron chi connectivity index (χ0n) is 18.9. The van der Waals surface area contributed by atoms with E-state index in [0.717, 1.165) is 10.6 Å². The quantitative estimate of drug-likeness (QED) is 0.313. The van der Waals surface area contributed by atoms with Crippen LogP contribution in [0.1, 0.15) is 23.0 Å². The van der Waals surface area contributed by atoms with Gasteiger partial charge in [-0.15, -0.1) is 0 Å². The molecule has 3 aromatic rings. The summed E-state index contributed by atoms with van der Waals surface area (Å²) in [7, 11) is -2.23. The summed E-state index contributed by atoms with van der Waals surface area (Å²) in [5.74, 6) is -1.19. The standard InChI is InChI=1S/C22H20F4N6O3S/c1-32(36(2,34)35)15-6-3-12(4-7-15)19(23)30-20-16(22(24,25)26)11-27-21(31-20)28-14-5-8-17-13(9-14)10-18(33)29-17/h3-9,11,19H,10H2,1-2H3,(H,29,33)(H2,27,28,30,31). The average Bonchev–Trinajstić information content (AvgIpc) is 3.16. The van der Waals surface area contributed by atoms with E-state index in [1.807, 2.05) is 0 Å². The lowest BCUT2D eigenvalue weighted by Gasteiger charge is -2.19. The highest BCUT2D eigenvalue weighted by molar-refractivity contribution is 7.92. The summed E-state index contributed by atoms with van der Waals surface area (Å²) in [5.41, 5.74) is 0.701. The third-order valence-electron chi connectivity index (χ3n) is 5.39. The van der Waals surface area contributed by atoms with Gasteiger partial charge in [-0.2, -0.15) is 18.2 Å². The van der Waals surface area contributed by atoms with Crippen molar-refractivity contribution in [2.45, 2.75) is 18.9 Å². The maximum atomic E-state index is 15.0. The summed E-state index contributed by atoms with van der Waals surface area (Å²) in [4.78, 5) is 19.0. The van der Waals surface area contributed by atoms with E-state index in [4.69, 9.17) is 0 Å². The molecule has 1 unspecified atom stereocenters. The van der Waals surface area contributed by atoms with Crippen molar-refractivity contribution in [3.63, 3.8) is 0 Å². The molecule has 9 nitrogen and oxygen atoms in total. The predicted octanol–water partition coefficient (Wildman–Crippen LogP) is 4.21. The number of amides is 1. The molecule has 190 valence electrons. The Morgan fingerprint density at radius 2 is 1.83 bits per heavy atom. The van der Waals surface area contributed by atoms with Crippen LogP contribution in [0, 0.1) is 0 Å². The van der Waals surface area contributed by atoms with Crippen LogP contribution in [0.5, 0.6) is 0 Å². The van der Waals surface area contributed by atoms with Crippen LogP contribution in [0.25, 0.3) is 0 Å². The van der Waals surface area contributed by atoms with Crippen LogP contribution in [-0.2, 0) is 27.4 Å². The van der Waals surface area contributed by atoms with E-state index in [2.05, 4.69) is 25.9 Å². The fourth-order valence-electron chi connectivity index (χ4n) is 3.44. The van der Waals surface area contributed by atoms with Gasteiger partial charge in [-0.3, -0.25) is 9.10 Å². The van der Waals surface area contributed by atoms with Crippen molar-refractivity contribution >= 4 is 44.8 Å². The fraction of sp³-hybridized carbons (Fsp3) is 0.227. The third kappa shape index (κ3) is 5.48. The predicted molar refractivity (Wildman–Crippen MR) is 126 cm³/mol. The van der Waals surface area contributed by atoms with Gasteiger partial charge in [0.05, 0.1) is 18.4 Å². The van der Waals surface area contributed by atoms with E-state index >= 15 is 0 Å². The lowest BCUT2D eigenvalue weighted by molar-refractivity contribution is -0.137. The molecule has 1 aliphatic heterocycles. The number of aromatic nitrogens is 2. The maximum Gasteiger partial charge on any atom is 0.421 e. The number of carbonyl (C=O) groups excluding carboxylic acids is 1. The molecule has 0 saturated heterocycles. The lowest BCUT2D eigenvalue weighted by Crippen LogP contribution is -2.24. The van der Waals surface area contributed by atoms with Crippen molar-refractivity contribution in [3.8, 4) is 0 Å². The number of benzene rings is 2. The van der Waals surface area contributed by atoms with Crippen LogP contribution in [-0.4, -0.2) is 37.6 Å². The van der Waals surface area contributed by atoms with Crippen LogP contribution < -0.4 is 20.3 Å². The first kappa shape index (κ1) is 25.2. The van der Waals surface area contributed by atoms with Gasteiger partial charge in [0.25, 0.3) is 0 Å². The highest BCUT2D eigenvalue weighted by Crippen LogP contribution is 2.36. The Bertz CT molecular complexity index is 1410. The van der Waals surface area contributed by atoms with Crippen LogP contribution in [0.15, 0.2) is 48.7 Å². The molecule has 3 N–H and O–H groups in total. The molecule has 1 atom stereocenters. The van der Waals surface area contributed by atoms with Crippen LogP contribution >= 0.6 is 0 Å². The molecule has 0 aliphatic carbocycles. The van der Waals surface area contributed by atoms with E-state index in [9.17, 15) is 30.8 Å². The van der Waals surface area contributed by atoms with Crippen LogP contribution in [0.2, 0.25) is 0 Å². The van der Waals surface area contributed by atoms with Crippen molar-refractivity contribution in [1.82, 2.24) is 9.97 Å². The molecular weight excluding hydrogens is 504 g/mol. The SMILES string of the molecule is CN(c1ccc(C(F)Nc2nc(Nc3ccc4c(c3)CC(=O)N4)ncc2C(F)(F)F)cc1)S(C)(=O)=O. The summed E-state index contributed by atoms with van der Waals surface area (Å²) in [5, 5.41) is 7.55. The van der Waals surface area contributed by atoms with E-state index in [1.54, 1.807) is 18.2 Å². The Morgan fingerprint density at radius 1 is 1.14 bits per heavy atom. The van der Waals surface area contributed by atoms with Crippen molar-refractivity contribution in [2.24, 2.45) is 0 Å². The van der Waals surface area contributed by atoms with Crippen molar-refractivity contribution in [1.29, 1.82) is 0 Å². The molecule has 1 aromatic heterocycles. The Labute approximate surface area is 203 Å². The number of carbonyl (C=O) groups is 1. The molecule has 0 spiro atoms. The number of hydrogen-bond acceptors (Lipinski definition) is 7. The second-order valence-electron chi connectivity index (χ2n) is 8.00. The molecule has 0 fully saturated rings. The summed E-state index contributed by atoms with van der Waals surface area (Å²) < 4.78 is 79.9. The number of anilines is 5. The van der Waals surface area contributed by atoms with E-state index < -0.39 is 33.9 Å². The normalized spacial score (nSPS) is 14.1. The van der Waals surface area contributed by atoms with Gasteiger partial charge in [0, 0.05) is 30.2 Å². The van der Waals surface area contributed by atoms with Crippen molar-refractivity contribution in [3.05, 3.63) is 65.4 Å². The smallest absolute Gasteiger partial charge is 0.336 e. The molecule has 0 bridgehead atoms. The van der Waals surface area contributed by atoms with Crippen LogP contribution in [0.4, 0.5) is 46.4 Å². The molecule has 2 aromatic carbocycles. The topological polar surface area (TPSA) is 116 Å². The Hall–Kier alpha value is -3.94. The van der Waals surface area contributed by atoms with Gasteiger partial charge in [0.2, 0.25) is 21.9 Å². The first-order valence-electron chi connectivity index (χ1n) is 10.4. The molecule has 1 aliphatic rings. The minimum absolute atomic E-state index is 0.0438. The average molecular weight is 525 g/mol. The molecule has 36 heavy (non-hydrogen) atoms. The molecule has 2 heterocycles. The minimum Gasteiger partial charge on any atom is -0.336 e. The Morgan fingerprint density at radius 3 is 2.47 bits per heavy atom. The Kier molecular flexibility index (Phi) is 6.47. The number of halogens is 4. The largest absolute Gasteiger partial charge is 0.421 e.